The Kier molecular flexibility index (Phi) is 9.18. The maximum Gasteiger partial charge on any atom is 0.356 e. The second-order valence-electron chi connectivity index (χ2n) is 13.4. The van der Waals surface area contributed by atoms with Crippen molar-refractivity contribution in [3.05, 3.63) is 147 Å². The van der Waals surface area contributed by atoms with Crippen LogP contribution in [-0.4, -0.2) is 45.2 Å². The van der Waals surface area contributed by atoms with Crippen LogP contribution in [0, 0.1) is 6.92 Å². The van der Waals surface area contributed by atoms with Crippen molar-refractivity contribution in [1.29, 1.82) is 0 Å². The zero-order valence-corrected chi connectivity index (χ0v) is 30.5. The number of nitrogen functional groups attached to an aromatic ring is 1. The van der Waals surface area contributed by atoms with Crippen molar-refractivity contribution in [2.45, 2.75) is 20.0 Å². The Labute approximate surface area is 323 Å². The number of hydrogen-bond acceptors (Lipinski definition) is 11. The van der Waals surface area contributed by atoms with Crippen LogP contribution in [0.3, 0.4) is 0 Å². The highest BCUT2D eigenvalue weighted by Crippen LogP contribution is 2.45. The van der Waals surface area contributed by atoms with Crippen molar-refractivity contribution in [2.24, 2.45) is 0 Å². The summed E-state index contributed by atoms with van der Waals surface area (Å²) in [5.74, 6) is -2.97. The minimum atomic E-state index is -1.28. The van der Waals surface area contributed by atoms with Crippen LogP contribution in [0.25, 0.3) is 55.2 Å². The van der Waals surface area contributed by atoms with Gasteiger partial charge in [-0.3, -0.25) is 9.78 Å². The molecule has 0 fully saturated rings. The number of aromatic carboxylic acids is 2. The molecule has 0 amide bonds. The van der Waals surface area contributed by atoms with Gasteiger partial charge in [0.1, 0.15) is 17.0 Å². The summed E-state index contributed by atoms with van der Waals surface area (Å²) < 4.78 is 11.6. The first-order valence-electron chi connectivity index (χ1n) is 17.8. The Bertz CT molecular complexity index is 2990. The van der Waals surface area contributed by atoms with Gasteiger partial charge in [-0.25, -0.2) is 19.4 Å². The van der Waals surface area contributed by atoms with Crippen LogP contribution in [0.1, 0.15) is 48.0 Å². The van der Waals surface area contributed by atoms with E-state index in [9.17, 15) is 29.4 Å². The lowest BCUT2D eigenvalue weighted by molar-refractivity contribution is 0.0593. The molecule has 4 aromatic carbocycles. The van der Waals surface area contributed by atoms with E-state index in [1.165, 1.54) is 31.4 Å². The summed E-state index contributed by atoms with van der Waals surface area (Å²) in [6, 6.07) is 28.4. The fourth-order valence-corrected chi connectivity index (χ4v) is 7.10. The van der Waals surface area contributed by atoms with Crippen LogP contribution in [0.15, 0.2) is 112 Å². The Morgan fingerprint density at radius 3 is 2.12 bits per heavy atom. The number of nitrogens with one attached hydrogen (secondary N) is 2. The van der Waals surface area contributed by atoms with Crippen LogP contribution < -0.4 is 21.8 Å². The lowest BCUT2D eigenvalue weighted by Crippen LogP contribution is -2.15. The average molecular weight is 760 g/mol. The first-order valence-corrected chi connectivity index (χ1v) is 17.8. The molecule has 2 aromatic heterocycles. The molecule has 1 aliphatic heterocycles. The third kappa shape index (κ3) is 6.56. The van der Waals surface area contributed by atoms with Gasteiger partial charge in [-0.05, 0) is 79.2 Å². The van der Waals surface area contributed by atoms with Crippen LogP contribution in [-0.2, 0) is 17.8 Å². The van der Waals surface area contributed by atoms with Gasteiger partial charge in [0.2, 0.25) is 0 Å². The SMILES string of the molecule is COC(=O)c1ccc2cccc(NCc3c(N)ccc4c(-c5cc(C(=O)O)ccc5C(=O)O)c5ccc(=O)c(CNc6cccc7ccc(C)nc67)c-5oc34)c2n1. The fraction of sp³-hybridized carbons (Fsp3) is 0.0909. The molecule has 282 valence electrons. The molecule has 6 aromatic rings. The number of carboxylic acid groups (broad SMARTS) is 2. The number of aromatic nitrogens is 2. The molecule has 0 spiro atoms. The van der Waals surface area contributed by atoms with Gasteiger partial charge in [0.15, 0.2) is 5.43 Å². The summed E-state index contributed by atoms with van der Waals surface area (Å²) >= 11 is 0. The number of rotatable bonds is 10. The highest BCUT2D eigenvalue weighted by molar-refractivity contribution is 6.10. The molecule has 57 heavy (non-hydrogen) atoms. The predicted molar refractivity (Wildman–Crippen MR) is 217 cm³/mol. The first kappa shape index (κ1) is 36.2. The zero-order chi connectivity index (χ0) is 40.0. The van der Waals surface area contributed by atoms with Gasteiger partial charge >= 0.3 is 17.9 Å². The van der Waals surface area contributed by atoms with Crippen molar-refractivity contribution in [1.82, 2.24) is 9.97 Å². The summed E-state index contributed by atoms with van der Waals surface area (Å²) in [7, 11) is 1.28. The number of pyridine rings is 2. The molecule has 0 bridgehead atoms. The van der Waals surface area contributed by atoms with E-state index in [0.29, 0.717) is 50.2 Å². The van der Waals surface area contributed by atoms with Gasteiger partial charge in [0.25, 0.3) is 0 Å². The summed E-state index contributed by atoms with van der Waals surface area (Å²) in [6.45, 7) is 1.95. The van der Waals surface area contributed by atoms with Crippen LogP contribution in [0.4, 0.5) is 17.1 Å². The number of carbonyl (C=O) groups is 3. The van der Waals surface area contributed by atoms with Crippen molar-refractivity contribution in [2.75, 3.05) is 23.5 Å². The lowest BCUT2D eigenvalue weighted by Gasteiger charge is -2.22. The van der Waals surface area contributed by atoms with E-state index in [0.717, 1.165) is 16.5 Å². The van der Waals surface area contributed by atoms with E-state index in [-0.39, 0.29) is 57.8 Å². The van der Waals surface area contributed by atoms with Crippen LogP contribution in [0.5, 0.6) is 0 Å². The number of methoxy groups -OCH3 is 1. The van der Waals surface area contributed by atoms with Gasteiger partial charge in [0.05, 0.1) is 46.2 Å². The maximum atomic E-state index is 13.8. The number of hydrogen-bond donors (Lipinski definition) is 5. The number of carbonyl (C=O) groups excluding carboxylic acids is 1. The van der Waals surface area contributed by atoms with E-state index in [1.54, 1.807) is 36.4 Å². The van der Waals surface area contributed by atoms with Gasteiger partial charge in [-0.2, -0.15) is 0 Å². The number of fused-ring (bicyclic) bond motifs is 4. The molecule has 2 aliphatic rings. The third-order valence-corrected chi connectivity index (χ3v) is 9.91. The smallest absolute Gasteiger partial charge is 0.356 e. The molecule has 3 heterocycles. The topological polar surface area (TPSA) is 207 Å². The normalized spacial score (nSPS) is 11.3. The summed E-state index contributed by atoms with van der Waals surface area (Å²) in [5, 5.41) is 29.2. The van der Waals surface area contributed by atoms with Gasteiger partial charge in [-0.15, -0.1) is 0 Å². The molecule has 8 rings (SSSR count). The van der Waals surface area contributed by atoms with Crippen molar-refractivity contribution >= 4 is 67.7 Å². The van der Waals surface area contributed by atoms with E-state index in [1.807, 2.05) is 49.4 Å². The van der Waals surface area contributed by atoms with Crippen molar-refractivity contribution in [3.63, 3.8) is 0 Å². The maximum absolute atomic E-state index is 13.8. The molecule has 0 unspecified atom stereocenters. The van der Waals surface area contributed by atoms with Gasteiger partial charge in [0, 0.05) is 57.3 Å². The quantitative estimate of drug-likeness (QED) is 0.0510. The second kappa shape index (κ2) is 14.5. The molecular formula is C44H33N5O8. The van der Waals surface area contributed by atoms with Crippen molar-refractivity contribution in [3.8, 4) is 22.5 Å². The van der Waals surface area contributed by atoms with E-state index in [2.05, 4.69) is 15.6 Å². The minimum absolute atomic E-state index is 0.000406. The average Bonchev–Trinajstić information content (AvgIpc) is 3.21. The standard InChI is InChI=1S/C44H33N5O8/c1-22-9-10-23-5-3-7-33(38(23)48-22)47-21-31-36(50)18-15-28-37(29-19-25(42(51)52)11-13-26(29)43(53)54)27-14-16-32(45)30(40(27)57-41(28)31)20-46-34-8-4-6-24-12-17-35(44(55)56-2)49-39(24)34/h3-19,46-47H,20-21,45H2,1-2H3,(H,51,52)(H,53,54). The Balaban J connectivity index is 1.34. The molecule has 13 nitrogen and oxygen atoms in total. The number of ether oxygens (including phenoxy) is 1. The van der Waals surface area contributed by atoms with E-state index in [4.69, 9.17) is 19.9 Å². The monoisotopic (exact) mass is 759 g/mol. The first-order chi connectivity index (χ1) is 27.5. The number of esters is 1. The molecule has 1 aliphatic carbocycles. The third-order valence-electron chi connectivity index (χ3n) is 9.91. The van der Waals surface area contributed by atoms with Crippen LogP contribution >= 0.6 is 0 Å². The number of para-hydroxylation sites is 2. The Morgan fingerprint density at radius 1 is 0.754 bits per heavy atom. The Morgan fingerprint density at radius 2 is 1.44 bits per heavy atom. The Hall–Kier alpha value is -7.80. The molecule has 13 heteroatoms. The predicted octanol–water partition coefficient (Wildman–Crippen LogP) is 7.96. The largest absolute Gasteiger partial charge is 0.478 e. The second-order valence-corrected chi connectivity index (χ2v) is 13.4. The molecule has 0 radical (unpaired) electrons. The summed E-state index contributed by atoms with van der Waals surface area (Å²) in [6.07, 6.45) is 0. The molecule has 6 N–H and O–H groups in total. The summed E-state index contributed by atoms with van der Waals surface area (Å²) in [4.78, 5) is 60.3. The zero-order valence-electron chi connectivity index (χ0n) is 30.5. The number of nitrogens with two attached hydrogens (primary N) is 1. The number of benzene rings is 5. The molecule has 0 saturated heterocycles. The fourth-order valence-electron chi connectivity index (χ4n) is 7.10. The minimum Gasteiger partial charge on any atom is -0.478 e. The number of anilines is 3. The summed E-state index contributed by atoms with van der Waals surface area (Å²) in [5.41, 5.74) is 11.5. The van der Waals surface area contributed by atoms with Gasteiger partial charge in [-0.1, -0.05) is 36.4 Å². The van der Waals surface area contributed by atoms with Crippen LogP contribution in [0.2, 0.25) is 0 Å². The van der Waals surface area contributed by atoms with E-state index < -0.39 is 17.9 Å². The van der Waals surface area contributed by atoms with E-state index >= 15 is 0 Å². The molecule has 0 saturated carbocycles. The highest BCUT2D eigenvalue weighted by atomic mass is 16.5. The number of carboxylic acids is 2. The number of nitrogens with zero attached hydrogens (tertiary/aromatic N) is 2. The number of aryl methyl sites for hydroxylation is 1. The lowest BCUT2D eigenvalue weighted by atomic mass is 9.87. The van der Waals surface area contributed by atoms with Gasteiger partial charge < -0.3 is 35.7 Å². The molecular weight excluding hydrogens is 727 g/mol. The van der Waals surface area contributed by atoms with Crippen molar-refractivity contribution < 1.29 is 33.8 Å². The highest BCUT2D eigenvalue weighted by Gasteiger charge is 2.27. The molecule has 0 atom stereocenters.